The Morgan fingerprint density at radius 3 is 2.70 bits per heavy atom. The van der Waals surface area contributed by atoms with E-state index in [2.05, 4.69) is 24.6 Å². The number of carbonyl (C=O) groups is 2. The lowest BCUT2D eigenvalue weighted by molar-refractivity contribution is -0.150. The molecule has 1 unspecified atom stereocenters. The van der Waals surface area contributed by atoms with Crippen molar-refractivity contribution < 1.29 is 14.3 Å². The van der Waals surface area contributed by atoms with Crippen LogP contribution in [0.15, 0.2) is 24.3 Å². The third kappa shape index (κ3) is 2.78. The Labute approximate surface area is 136 Å². The maximum atomic E-state index is 12.9. The molecule has 1 atom stereocenters. The smallest absolute Gasteiger partial charge is 0.322 e. The van der Waals surface area contributed by atoms with Crippen LogP contribution in [0.1, 0.15) is 17.2 Å². The zero-order valence-corrected chi connectivity index (χ0v) is 15.0. The number of aromatic nitrogens is 1. The van der Waals surface area contributed by atoms with E-state index >= 15 is 0 Å². The zero-order chi connectivity index (χ0) is 16.8. The number of amides is 1. The number of methoxy groups -OCH3 is 1. The largest absolute Gasteiger partial charge is 0.468 e. The van der Waals surface area contributed by atoms with E-state index < -0.39 is 20.0 Å². The zero-order valence-electron chi connectivity index (χ0n) is 14.0. The Morgan fingerprint density at radius 2 is 2.04 bits per heavy atom. The fraction of sp³-hybridized carbons (Fsp3) is 0.412. The fourth-order valence-corrected chi connectivity index (χ4v) is 4.70. The molecule has 23 heavy (non-hydrogen) atoms. The van der Waals surface area contributed by atoms with Crippen molar-refractivity contribution in [2.45, 2.75) is 32.1 Å². The van der Waals surface area contributed by atoms with Gasteiger partial charge in [0.25, 0.3) is 0 Å². The molecule has 0 radical (unpaired) electrons. The second-order valence-corrected chi connectivity index (χ2v) is 12.7. The van der Waals surface area contributed by atoms with Gasteiger partial charge in [0.1, 0.15) is 0 Å². The van der Waals surface area contributed by atoms with Gasteiger partial charge in [-0.3, -0.25) is 9.59 Å². The number of nitrogens with zero attached hydrogens (tertiary/aromatic N) is 1. The molecule has 3 rings (SSSR count). The van der Waals surface area contributed by atoms with Crippen LogP contribution in [0.3, 0.4) is 0 Å². The van der Waals surface area contributed by atoms with Crippen molar-refractivity contribution in [3.8, 4) is 0 Å². The van der Waals surface area contributed by atoms with Crippen molar-refractivity contribution in [3.05, 3.63) is 35.5 Å². The van der Waals surface area contributed by atoms with Crippen molar-refractivity contribution in [2.24, 2.45) is 0 Å². The molecular formula is C17H22N2O3Si. The molecule has 0 bridgehead atoms. The number of esters is 1. The second-order valence-electron chi connectivity index (χ2n) is 7.27. The number of carbonyl (C=O) groups excluding carboxylic acids is 2. The lowest BCUT2D eigenvalue weighted by Crippen LogP contribution is -2.49. The summed E-state index contributed by atoms with van der Waals surface area (Å²) < 4.78 is 4.92. The molecule has 1 amide bonds. The van der Waals surface area contributed by atoms with Gasteiger partial charge in [-0.05, 0) is 6.07 Å². The highest BCUT2D eigenvalue weighted by atomic mass is 28.3. The van der Waals surface area contributed by atoms with Gasteiger partial charge in [0.2, 0.25) is 5.91 Å². The van der Waals surface area contributed by atoms with E-state index in [4.69, 9.17) is 4.74 Å². The van der Waals surface area contributed by atoms with Gasteiger partial charge in [-0.25, -0.2) is 0 Å². The maximum absolute atomic E-state index is 12.9. The van der Waals surface area contributed by atoms with Crippen LogP contribution in [0.25, 0.3) is 10.9 Å². The van der Waals surface area contributed by atoms with Crippen LogP contribution in [0.4, 0.5) is 0 Å². The van der Waals surface area contributed by atoms with E-state index in [1.165, 1.54) is 7.11 Å². The molecule has 0 aliphatic carbocycles. The number of hydrogen-bond acceptors (Lipinski definition) is 3. The van der Waals surface area contributed by atoms with E-state index in [9.17, 15) is 9.59 Å². The van der Waals surface area contributed by atoms with Crippen molar-refractivity contribution in [1.29, 1.82) is 0 Å². The lowest BCUT2D eigenvalue weighted by Gasteiger charge is -2.35. The lowest BCUT2D eigenvalue weighted by atomic mass is 9.91. The molecule has 0 saturated carbocycles. The Bertz CT molecular complexity index is 776. The van der Waals surface area contributed by atoms with Crippen LogP contribution in [-0.4, -0.2) is 43.1 Å². The molecule has 0 fully saturated rings. The van der Waals surface area contributed by atoms with Gasteiger partial charge in [-0.2, -0.15) is 0 Å². The topological polar surface area (TPSA) is 62.4 Å². The molecule has 1 aromatic carbocycles. The van der Waals surface area contributed by atoms with E-state index in [1.54, 1.807) is 0 Å². The number of hydrogen-bond donors (Lipinski definition) is 1. The standard InChI is InChI=1S/C17H22N2O3Si/c1-22-17(21)15-14-11-7-5-6-8-12(11)18-13(14)9-19(16(15)20)10-23(2,3)4/h5-8,15,18H,9-10H2,1-4H3. The summed E-state index contributed by atoms with van der Waals surface area (Å²) in [5.41, 5.74) is 2.68. The summed E-state index contributed by atoms with van der Waals surface area (Å²) in [6.45, 7) is 7.18. The number of H-pyrrole nitrogens is 1. The van der Waals surface area contributed by atoms with Crippen LogP contribution >= 0.6 is 0 Å². The van der Waals surface area contributed by atoms with Crippen molar-refractivity contribution in [2.75, 3.05) is 13.3 Å². The molecule has 1 aliphatic heterocycles. The molecule has 5 nitrogen and oxygen atoms in total. The van der Waals surface area contributed by atoms with E-state index in [0.717, 1.165) is 28.3 Å². The average molecular weight is 330 g/mol. The summed E-state index contributed by atoms with van der Waals surface area (Å²) >= 11 is 0. The van der Waals surface area contributed by atoms with Crippen molar-refractivity contribution >= 4 is 30.9 Å². The monoisotopic (exact) mass is 330 g/mol. The summed E-state index contributed by atoms with van der Waals surface area (Å²) in [6.07, 6.45) is 0.730. The average Bonchev–Trinajstić information content (AvgIpc) is 2.84. The minimum Gasteiger partial charge on any atom is -0.468 e. The van der Waals surface area contributed by atoms with E-state index in [1.807, 2.05) is 29.2 Å². The summed E-state index contributed by atoms with van der Waals surface area (Å²) in [7, 11) is -0.147. The minimum absolute atomic E-state index is 0.142. The molecular weight excluding hydrogens is 308 g/mol. The predicted molar refractivity (Wildman–Crippen MR) is 91.8 cm³/mol. The summed E-state index contributed by atoms with van der Waals surface area (Å²) in [6, 6.07) is 7.78. The molecule has 1 aliphatic rings. The molecule has 0 spiro atoms. The Hall–Kier alpha value is -2.08. The Morgan fingerprint density at radius 1 is 1.35 bits per heavy atom. The summed E-state index contributed by atoms with van der Waals surface area (Å²) in [4.78, 5) is 30.4. The number of ether oxygens (including phenoxy) is 1. The second kappa shape index (κ2) is 5.52. The number of aromatic amines is 1. The third-order valence-corrected chi connectivity index (χ3v) is 5.46. The maximum Gasteiger partial charge on any atom is 0.322 e. The van der Waals surface area contributed by atoms with Crippen molar-refractivity contribution in [3.63, 3.8) is 0 Å². The third-order valence-electron chi connectivity index (χ3n) is 4.13. The molecule has 1 N–H and O–H groups in total. The van der Waals surface area contributed by atoms with Gasteiger partial charge < -0.3 is 14.6 Å². The number of para-hydroxylation sites is 1. The van der Waals surface area contributed by atoms with Crippen LogP contribution < -0.4 is 0 Å². The first-order valence-corrected chi connectivity index (χ1v) is 11.5. The minimum atomic E-state index is -1.48. The Balaban J connectivity index is 2.13. The van der Waals surface area contributed by atoms with Gasteiger partial charge in [0.05, 0.1) is 21.7 Å². The number of rotatable bonds is 3. The van der Waals surface area contributed by atoms with E-state index in [0.29, 0.717) is 6.54 Å². The normalized spacial score (nSPS) is 18.2. The van der Waals surface area contributed by atoms with Gasteiger partial charge in [-0.15, -0.1) is 0 Å². The summed E-state index contributed by atoms with van der Waals surface area (Å²) in [5.74, 6) is -1.49. The van der Waals surface area contributed by atoms with Gasteiger partial charge in [-0.1, -0.05) is 37.8 Å². The first-order valence-electron chi connectivity index (χ1n) is 7.78. The summed E-state index contributed by atoms with van der Waals surface area (Å²) in [5, 5.41) is 0.930. The van der Waals surface area contributed by atoms with Gasteiger partial charge in [0, 0.05) is 28.3 Å². The van der Waals surface area contributed by atoms with Crippen LogP contribution in [0, 0.1) is 0 Å². The molecule has 1 aromatic heterocycles. The molecule has 2 aromatic rings. The number of fused-ring (bicyclic) bond motifs is 3. The van der Waals surface area contributed by atoms with Crippen molar-refractivity contribution in [1.82, 2.24) is 9.88 Å². The molecule has 6 heteroatoms. The molecule has 2 heterocycles. The Kier molecular flexibility index (Phi) is 3.80. The highest BCUT2D eigenvalue weighted by molar-refractivity contribution is 6.76. The quantitative estimate of drug-likeness (QED) is 0.535. The predicted octanol–water partition coefficient (Wildman–Crippen LogP) is 2.64. The van der Waals surface area contributed by atoms with Crippen LogP contribution in [0.5, 0.6) is 0 Å². The van der Waals surface area contributed by atoms with Crippen LogP contribution in [0.2, 0.25) is 19.6 Å². The highest BCUT2D eigenvalue weighted by Gasteiger charge is 2.42. The number of nitrogens with one attached hydrogen (secondary N) is 1. The first kappa shape index (κ1) is 15.8. The first-order chi connectivity index (χ1) is 10.8. The van der Waals surface area contributed by atoms with Crippen LogP contribution in [-0.2, 0) is 20.9 Å². The molecule has 122 valence electrons. The van der Waals surface area contributed by atoms with Gasteiger partial charge in [0.15, 0.2) is 5.92 Å². The highest BCUT2D eigenvalue weighted by Crippen LogP contribution is 2.36. The fourth-order valence-electron chi connectivity index (χ4n) is 3.29. The SMILES string of the molecule is COC(=O)C1C(=O)N(C[Si](C)(C)C)Cc2[nH]c3ccccc3c21. The molecule has 0 saturated heterocycles. The van der Waals surface area contributed by atoms with E-state index in [-0.39, 0.29) is 5.91 Å². The van der Waals surface area contributed by atoms with Gasteiger partial charge >= 0.3 is 5.97 Å². The number of benzene rings is 1.